The Hall–Kier alpha value is -4.62. The zero-order valence-electron chi connectivity index (χ0n) is 21.0. The first-order chi connectivity index (χ1) is 18.0. The summed E-state index contributed by atoms with van der Waals surface area (Å²) in [6.07, 6.45) is 2.69. The molecule has 37 heavy (non-hydrogen) atoms. The molecule has 2 aromatic carbocycles. The van der Waals surface area contributed by atoms with Crippen LogP contribution in [0.25, 0.3) is 0 Å². The molecule has 0 saturated carbocycles. The van der Waals surface area contributed by atoms with Crippen molar-refractivity contribution >= 4 is 34.7 Å². The lowest BCUT2D eigenvalue weighted by molar-refractivity contribution is -0.111. The van der Waals surface area contributed by atoms with Gasteiger partial charge in [0.05, 0.1) is 24.7 Å². The molecule has 1 aliphatic rings. The van der Waals surface area contributed by atoms with Crippen molar-refractivity contribution in [3.8, 4) is 11.8 Å². The van der Waals surface area contributed by atoms with E-state index in [9.17, 15) is 10.1 Å². The van der Waals surface area contributed by atoms with Crippen molar-refractivity contribution < 1.29 is 9.53 Å². The average molecular weight is 499 g/mol. The number of methoxy groups -OCH3 is 1. The highest BCUT2D eigenvalue weighted by Crippen LogP contribution is 2.31. The van der Waals surface area contributed by atoms with Crippen molar-refractivity contribution in [3.05, 3.63) is 72.4 Å². The molecular formula is C27H30N8O2. The molecule has 0 radical (unpaired) electrons. The van der Waals surface area contributed by atoms with Crippen LogP contribution in [0, 0.1) is 11.3 Å². The van der Waals surface area contributed by atoms with Gasteiger partial charge in [-0.05, 0) is 49.0 Å². The molecule has 10 nitrogen and oxygen atoms in total. The molecule has 0 atom stereocenters. The van der Waals surface area contributed by atoms with Crippen molar-refractivity contribution in [1.82, 2.24) is 14.9 Å². The van der Waals surface area contributed by atoms with Gasteiger partial charge < -0.3 is 30.5 Å². The second kappa shape index (κ2) is 11.9. The zero-order valence-corrected chi connectivity index (χ0v) is 21.0. The Bertz CT molecular complexity index is 1290. The van der Waals surface area contributed by atoms with E-state index in [4.69, 9.17) is 4.74 Å². The number of nitrogens with zero attached hydrogens (tertiary/aromatic N) is 5. The highest BCUT2D eigenvalue weighted by molar-refractivity contribution is 6.01. The molecule has 10 heteroatoms. The van der Waals surface area contributed by atoms with Crippen LogP contribution in [0.15, 0.2) is 61.3 Å². The monoisotopic (exact) mass is 498 g/mol. The zero-order chi connectivity index (χ0) is 26.2. The quantitative estimate of drug-likeness (QED) is 0.380. The summed E-state index contributed by atoms with van der Waals surface area (Å²) in [5, 5.41) is 18.8. The third-order valence-electron chi connectivity index (χ3n) is 6.09. The predicted molar refractivity (Wildman–Crippen MR) is 145 cm³/mol. The first-order valence-electron chi connectivity index (χ1n) is 11.9. The van der Waals surface area contributed by atoms with E-state index >= 15 is 0 Å². The Morgan fingerprint density at radius 3 is 2.59 bits per heavy atom. The SMILES string of the molecule is C=CC(=O)Nc1cc(N2CCN(C)CC2)ccc1Nc1ncc(C#N)c(NCc2ccc(OC)cc2)n1. The predicted octanol–water partition coefficient (Wildman–Crippen LogP) is 3.59. The van der Waals surface area contributed by atoms with Crippen molar-refractivity contribution in [2.45, 2.75) is 6.54 Å². The van der Waals surface area contributed by atoms with E-state index in [0.29, 0.717) is 29.3 Å². The summed E-state index contributed by atoms with van der Waals surface area (Å²) in [6, 6.07) is 15.6. The first kappa shape index (κ1) is 25.5. The molecule has 2 heterocycles. The van der Waals surface area contributed by atoms with E-state index in [2.05, 4.69) is 55.4 Å². The van der Waals surface area contributed by atoms with Crippen molar-refractivity contribution in [2.75, 3.05) is 61.2 Å². The summed E-state index contributed by atoms with van der Waals surface area (Å²) < 4.78 is 5.20. The molecule has 1 amide bonds. The molecule has 0 spiro atoms. The Balaban J connectivity index is 1.55. The molecule has 4 rings (SSSR count). The molecule has 0 bridgehead atoms. The lowest BCUT2D eigenvalue weighted by atomic mass is 10.2. The average Bonchev–Trinajstić information content (AvgIpc) is 2.93. The Kier molecular flexibility index (Phi) is 8.18. The van der Waals surface area contributed by atoms with Gasteiger partial charge in [-0.15, -0.1) is 0 Å². The number of hydrogen-bond acceptors (Lipinski definition) is 9. The third kappa shape index (κ3) is 6.54. The fourth-order valence-corrected chi connectivity index (χ4v) is 3.90. The summed E-state index contributed by atoms with van der Waals surface area (Å²) in [4.78, 5) is 25.5. The molecule has 1 fully saturated rings. The number of carbonyl (C=O) groups excluding carboxylic acids is 1. The number of piperazine rings is 1. The van der Waals surface area contributed by atoms with E-state index in [1.807, 2.05) is 42.5 Å². The number of carbonyl (C=O) groups is 1. The largest absolute Gasteiger partial charge is 0.497 e. The maximum atomic E-state index is 12.2. The van der Waals surface area contributed by atoms with Gasteiger partial charge in [0.25, 0.3) is 0 Å². The highest BCUT2D eigenvalue weighted by Gasteiger charge is 2.17. The fraction of sp³-hybridized carbons (Fsp3) is 0.259. The van der Waals surface area contributed by atoms with Gasteiger partial charge in [0.15, 0.2) is 0 Å². The van der Waals surface area contributed by atoms with Gasteiger partial charge in [-0.3, -0.25) is 4.79 Å². The highest BCUT2D eigenvalue weighted by atomic mass is 16.5. The number of anilines is 5. The van der Waals surface area contributed by atoms with Crippen molar-refractivity contribution in [3.63, 3.8) is 0 Å². The molecule has 3 N–H and O–H groups in total. The molecule has 0 aliphatic carbocycles. The topological polar surface area (TPSA) is 118 Å². The maximum absolute atomic E-state index is 12.2. The van der Waals surface area contributed by atoms with Gasteiger partial charge in [0.1, 0.15) is 23.2 Å². The molecule has 1 aromatic heterocycles. The molecule has 1 aliphatic heterocycles. The number of nitrogens with one attached hydrogen (secondary N) is 3. The van der Waals surface area contributed by atoms with Crippen LogP contribution in [0.3, 0.4) is 0 Å². The van der Waals surface area contributed by atoms with E-state index in [1.165, 1.54) is 12.3 Å². The second-order valence-electron chi connectivity index (χ2n) is 8.61. The van der Waals surface area contributed by atoms with E-state index < -0.39 is 0 Å². The number of hydrogen-bond donors (Lipinski definition) is 3. The Labute approximate surface area is 216 Å². The van der Waals surface area contributed by atoms with Gasteiger partial charge in [0, 0.05) is 38.4 Å². The van der Waals surface area contributed by atoms with Gasteiger partial charge in [-0.25, -0.2) is 4.98 Å². The summed E-state index contributed by atoms with van der Waals surface area (Å²) in [6.45, 7) is 7.78. The lowest BCUT2D eigenvalue weighted by Crippen LogP contribution is -2.44. The third-order valence-corrected chi connectivity index (χ3v) is 6.09. The van der Waals surface area contributed by atoms with Crippen LogP contribution in [0.4, 0.5) is 28.8 Å². The van der Waals surface area contributed by atoms with Crippen molar-refractivity contribution in [2.24, 2.45) is 0 Å². The molecule has 3 aromatic rings. The minimum absolute atomic E-state index is 0.290. The van der Waals surface area contributed by atoms with Gasteiger partial charge >= 0.3 is 0 Å². The van der Waals surface area contributed by atoms with E-state index in [0.717, 1.165) is 43.2 Å². The molecule has 1 saturated heterocycles. The van der Waals surface area contributed by atoms with Crippen LogP contribution in [0.5, 0.6) is 5.75 Å². The van der Waals surface area contributed by atoms with Crippen LogP contribution < -0.4 is 25.6 Å². The lowest BCUT2D eigenvalue weighted by Gasteiger charge is -2.34. The van der Waals surface area contributed by atoms with Crippen LogP contribution in [0.1, 0.15) is 11.1 Å². The molecule has 0 unspecified atom stereocenters. The number of aromatic nitrogens is 2. The number of likely N-dealkylation sites (N-methyl/N-ethyl adjacent to an activating group) is 1. The number of ether oxygens (including phenoxy) is 1. The maximum Gasteiger partial charge on any atom is 0.247 e. The molecular weight excluding hydrogens is 468 g/mol. The Morgan fingerprint density at radius 1 is 1.16 bits per heavy atom. The summed E-state index contributed by atoms with van der Waals surface area (Å²) in [5.41, 5.74) is 3.55. The minimum Gasteiger partial charge on any atom is -0.497 e. The second-order valence-corrected chi connectivity index (χ2v) is 8.61. The van der Waals surface area contributed by atoms with Gasteiger partial charge in [-0.2, -0.15) is 10.2 Å². The Morgan fingerprint density at radius 2 is 1.92 bits per heavy atom. The number of benzene rings is 2. The van der Waals surface area contributed by atoms with Crippen LogP contribution >= 0.6 is 0 Å². The van der Waals surface area contributed by atoms with Crippen LogP contribution in [-0.2, 0) is 11.3 Å². The van der Waals surface area contributed by atoms with Crippen LogP contribution in [0.2, 0.25) is 0 Å². The van der Waals surface area contributed by atoms with Gasteiger partial charge in [-0.1, -0.05) is 18.7 Å². The normalized spacial score (nSPS) is 13.4. The number of rotatable bonds is 9. The summed E-state index contributed by atoms with van der Waals surface area (Å²) in [7, 11) is 3.73. The summed E-state index contributed by atoms with van der Waals surface area (Å²) >= 11 is 0. The fourth-order valence-electron chi connectivity index (χ4n) is 3.90. The van der Waals surface area contributed by atoms with E-state index in [1.54, 1.807) is 7.11 Å². The van der Waals surface area contributed by atoms with Crippen molar-refractivity contribution in [1.29, 1.82) is 5.26 Å². The minimum atomic E-state index is -0.318. The first-order valence-corrected chi connectivity index (χ1v) is 11.9. The standard InChI is InChI=1S/C27H30N8O2/c1-4-25(36)31-24-15-21(35-13-11-34(2)12-14-35)7-10-23(24)32-27-30-18-20(16-28)26(33-27)29-17-19-5-8-22(37-3)9-6-19/h4-10,15,18H,1,11-14,17H2,2-3H3,(H,31,36)(H2,29,30,32,33). The molecule has 190 valence electrons. The van der Waals surface area contributed by atoms with Crippen LogP contribution in [-0.4, -0.2) is 61.1 Å². The van der Waals surface area contributed by atoms with Gasteiger partial charge in [0.2, 0.25) is 11.9 Å². The summed E-state index contributed by atoms with van der Waals surface area (Å²) in [5.74, 6) is 1.15. The smallest absolute Gasteiger partial charge is 0.247 e. The number of nitriles is 1. The van der Waals surface area contributed by atoms with E-state index in [-0.39, 0.29) is 11.9 Å². The number of amides is 1.